The summed E-state index contributed by atoms with van der Waals surface area (Å²) in [5, 5.41) is 4.13. The van der Waals surface area contributed by atoms with Gasteiger partial charge in [-0.3, -0.25) is 4.98 Å². The van der Waals surface area contributed by atoms with E-state index in [9.17, 15) is 0 Å². The van der Waals surface area contributed by atoms with Gasteiger partial charge in [0.05, 0.1) is 28.7 Å². The number of hydrogen-bond donors (Lipinski definition) is 1. The molecule has 0 aliphatic heterocycles. The summed E-state index contributed by atoms with van der Waals surface area (Å²) in [6.07, 6.45) is 5.36. The fourth-order valence-electron chi connectivity index (χ4n) is 2.86. The molecular formula is C23H25N7OS. The summed E-state index contributed by atoms with van der Waals surface area (Å²) in [5.74, 6) is 1.42. The van der Waals surface area contributed by atoms with Gasteiger partial charge < -0.3 is 15.0 Å². The second-order valence-corrected chi connectivity index (χ2v) is 8.57. The Labute approximate surface area is 191 Å². The Balaban J connectivity index is 1.51. The van der Waals surface area contributed by atoms with Crippen molar-refractivity contribution in [3.8, 4) is 22.3 Å². The molecule has 9 heteroatoms. The number of para-hydroxylation sites is 1. The van der Waals surface area contributed by atoms with Crippen LogP contribution in [0.25, 0.3) is 10.6 Å². The number of nitrogens with zero attached hydrogens (tertiary/aromatic N) is 6. The van der Waals surface area contributed by atoms with E-state index >= 15 is 0 Å². The number of ether oxygens (including phenoxy) is 1. The predicted molar refractivity (Wildman–Crippen MR) is 126 cm³/mol. The van der Waals surface area contributed by atoms with Gasteiger partial charge in [-0.1, -0.05) is 43.4 Å². The molecule has 0 unspecified atom stereocenters. The molecule has 0 bridgehead atoms. The second kappa shape index (κ2) is 9.80. The number of nitrogens with one attached hydrogen (secondary N) is 1. The Hall–Kier alpha value is -3.43. The van der Waals surface area contributed by atoms with E-state index in [-0.39, 0.29) is 0 Å². The highest BCUT2D eigenvalue weighted by molar-refractivity contribution is 7.18. The van der Waals surface area contributed by atoms with Crippen molar-refractivity contribution in [2.24, 2.45) is 0 Å². The van der Waals surface area contributed by atoms with Gasteiger partial charge in [0, 0.05) is 31.5 Å². The third kappa shape index (κ3) is 5.43. The molecule has 4 rings (SSSR count). The van der Waals surface area contributed by atoms with Crippen LogP contribution in [0.15, 0.2) is 55.0 Å². The van der Waals surface area contributed by atoms with Crippen molar-refractivity contribution in [2.45, 2.75) is 33.4 Å². The molecule has 0 fully saturated rings. The van der Waals surface area contributed by atoms with E-state index in [0.717, 1.165) is 32.9 Å². The summed E-state index contributed by atoms with van der Waals surface area (Å²) >= 11 is 1.52. The van der Waals surface area contributed by atoms with E-state index in [4.69, 9.17) is 4.74 Å². The lowest BCUT2D eigenvalue weighted by atomic mass is 10.3. The molecule has 0 radical (unpaired) electrons. The minimum Gasteiger partial charge on any atom is -0.424 e. The fraction of sp³-hybridized carbons (Fsp3) is 0.261. The molecule has 164 valence electrons. The van der Waals surface area contributed by atoms with E-state index in [1.165, 1.54) is 11.3 Å². The van der Waals surface area contributed by atoms with Crippen LogP contribution in [-0.2, 0) is 6.54 Å². The maximum Gasteiger partial charge on any atom is 0.322 e. The second-order valence-electron chi connectivity index (χ2n) is 7.56. The Bertz CT molecular complexity index is 1160. The summed E-state index contributed by atoms with van der Waals surface area (Å²) in [5.41, 5.74) is 2.49. The summed E-state index contributed by atoms with van der Waals surface area (Å²) in [7, 11) is 1.92. The molecular weight excluding hydrogens is 422 g/mol. The van der Waals surface area contributed by atoms with Gasteiger partial charge in [0.15, 0.2) is 10.9 Å². The lowest BCUT2D eigenvalue weighted by Crippen LogP contribution is -2.22. The first kappa shape index (κ1) is 21.8. The van der Waals surface area contributed by atoms with Crippen molar-refractivity contribution in [3.63, 3.8) is 0 Å². The first-order chi connectivity index (χ1) is 15.5. The molecule has 0 amide bonds. The number of benzene rings is 1. The molecule has 8 nitrogen and oxygen atoms in total. The van der Waals surface area contributed by atoms with E-state index < -0.39 is 0 Å². The van der Waals surface area contributed by atoms with Gasteiger partial charge >= 0.3 is 6.01 Å². The Morgan fingerprint density at radius 1 is 1.03 bits per heavy atom. The minimum atomic E-state index is 0.311. The monoisotopic (exact) mass is 447 g/mol. The van der Waals surface area contributed by atoms with Gasteiger partial charge in [0.1, 0.15) is 5.75 Å². The van der Waals surface area contributed by atoms with Crippen LogP contribution < -0.4 is 15.0 Å². The number of aryl methyl sites for hydroxylation is 1. The lowest BCUT2D eigenvalue weighted by molar-refractivity contribution is 0.441. The molecule has 4 aromatic rings. The van der Waals surface area contributed by atoms with Gasteiger partial charge in [-0.05, 0) is 25.1 Å². The zero-order chi connectivity index (χ0) is 22.5. The summed E-state index contributed by atoms with van der Waals surface area (Å²) in [4.78, 5) is 25.4. The first-order valence-corrected chi connectivity index (χ1v) is 11.1. The molecule has 0 atom stereocenters. The molecule has 1 N–H and O–H groups in total. The first-order valence-electron chi connectivity index (χ1n) is 10.3. The maximum atomic E-state index is 5.82. The van der Waals surface area contributed by atoms with Crippen molar-refractivity contribution in [1.82, 2.24) is 30.2 Å². The van der Waals surface area contributed by atoms with Gasteiger partial charge in [0.2, 0.25) is 0 Å². The molecule has 0 saturated heterocycles. The zero-order valence-corrected chi connectivity index (χ0v) is 19.3. The maximum absolute atomic E-state index is 5.82. The molecule has 3 aromatic heterocycles. The number of thiazole rings is 1. The van der Waals surface area contributed by atoms with E-state index in [0.29, 0.717) is 24.3 Å². The minimum absolute atomic E-state index is 0.311. The van der Waals surface area contributed by atoms with Crippen LogP contribution in [-0.4, -0.2) is 38.0 Å². The molecule has 0 aliphatic carbocycles. The third-order valence-electron chi connectivity index (χ3n) is 4.55. The molecule has 3 heterocycles. The van der Waals surface area contributed by atoms with Crippen LogP contribution in [0.3, 0.4) is 0 Å². The summed E-state index contributed by atoms with van der Waals surface area (Å²) in [6.45, 7) is 6.82. The van der Waals surface area contributed by atoms with Crippen molar-refractivity contribution in [3.05, 3.63) is 66.4 Å². The van der Waals surface area contributed by atoms with E-state index in [1.807, 2.05) is 55.3 Å². The van der Waals surface area contributed by atoms with Crippen molar-refractivity contribution in [1.29, 1.82) is 0 Å². The Kier molecular flexibility index (Phi) is 6.67. The van der Waals surface area contributed by atoms with Crippen LogP contribution in [0.2, 0.25) is 0 Å². The van der Waals surface area contributed by atoms with E-state index in [2.05, 4.69) is 44.1 Å². The number of hydrogen-bond acceptors (Lipinski definition) is 9. The zero-order valence-electron chi connectivity index (χ0n) is 18.5. The topological polar surface area (TPSA) is 89.0 Å². The third-order valence-corrected chi connectivity index (χ3v) is 5.64. The van der Waals surface area contributed by atoms with Crippen LogP contribution >= 0.6 is 11.3 Å². The highest BCUT2D eigenvalue weighted by atomic mass is 32.1. The van der Waals surface area contributed by atoms with Crippen molar-refractivity contribution >= 4 is 22.3 Å². The Morgan fingerprint density at radius 3 is 2.56 bits per heavy atom. The van der Waals surface area contributed by atoms with Crippen LogP contribution in [0, 0.1) is 6.92 Å². The van der Waals surface area contributed by atoms with Gasteiger partial charge in [-0.25, -0.2) is 15.0 Å². The highest BCUT2D eigenvalue weighted by Crippen LogP contribution is 2.33. The Morgan fingerprint density at radius 2 is 1.84 bits per heavy atom. The van der Waals surface area contributed by atoms with Crippen LogP contribution in [0.1, 0.15) is 25.2 Å². The molecule has 0 spiro atoms. The standard InChI is InChI=1S/C23H25N7OS/c1-15(2)24-11-17-12-26-21(14-25-17)30(4)23-27-13-20(32-23)19-10-16(3)28-22(29-19)31-18-8-6-5-7-9-18/h5-10,12-15,24H,11H2,1-4H3. The SMILES string of the molecule is Cc1cc(-c2cnc(N(C)c3cnc(CNC(C)C)cn3)s2)nc(Oc2ccccc2)n1. The van der Waals surface area contributed by atoms with Crippen molar-refractivity contribution in [2.75, 3.05) is 11.9 Å². The summed E-state index contributed by atoms with van der Waals surface area (Å²) in [6, 6.07) is 12.1. The van der Waals surface area contributed by atoms with Crippen LogP contribution in [0.4, 0.5) is 10.9 Å². The van der Waals surface area contributed by atoms with Gasteiger partial charge in [-0.15, -0.1) is 0 Å². The molecule has 1 aromatic carbocycles. The smallest absolute Gasteiger partial charge is 0.322 e. The fourth-order valence-corrected chi connectivity index (χ4v) is 3.71. The lowest BCUT2D eigenvalue weighted by Gasteiger charge is -2.14. The quantitative estimate of drug-likeness (QED) is 0.414. The average molecular weight is 448 g/mol. The normalized spacial score (nSPS) is 11.0. The molecule has 0 aliphatic rings. The number of aromatic nitrogens is 5. The molecule has 0 saturated carbocycles. The van der Waals surface area contributed by atoms with Crippen molar-refractivity contribution < 1.29 is 4.74 Å². The van der Waals surface area contributed by atoms with E-state index in [1.54, 1.807) is 18.6 Å². The van der Waals surface area contributed by atoms with Gasteiger partial charge in [0.25, 0.3) is 0 Å². The average Bonchev–Trinajstić information content (AvgIpc) is 3.28. The highest BCUT2D eigenvalue weighted by Gasteiger charge is 2.14. The van der Waals surface area contributed by atoms with Gasteiger partial charge in [-0.2, -0.15) is 4.98 Å². The summed E-state index contributed by atoms with van der Waals surface area (Å²) < 4.78 is 5.82. The predicted octanol–water partition coefficient (Wildman–Crippen LogP) is 4.76. The van der Waals surface area contributed by atoms with Crippen LogP contribution in [0.5, 0.6) is 11.8 Å². The largest absolute Gasteiger partial charge is 0.424 e. The number of anilines is 2. The molecule has 32 heavy (non-hydrogen) atoms. The number of rotatable bonds is 8.